The maximum atomic E-state index is 12.4. The van der Waals surface area contributed by atoms with Crippen LogP contribution in [0.3, 0.4) is 0 Å². The topological polar surface area (TPSA) is 98.5 Å². The summed E-state index contributed by atoms with van der Waals surface area (Å²) in [6, 6.07) is 5.36. The smallest absolute Gasteiger partial charge is 0.266 e. The van der Waals surface area contributed by atoms with E-state index in [1.54, 1.807) is 12.1 Å². The molecule has 8 nitrogen and oxygen atoms in total. The molecule has 0 saturated carbocycles. The van der Waals surface area contributed by atoms with Gasteiger partial charge in [0.25, 0.3) is 5.89 Å². The highest BCUT2D eigenvalue weighted by Gasteiger charge is 2.30. The fraction of sp³-hybridized carbons (Fsp3) is 0.526. The van der Waals surface area contributed by atoms with E-state index < -0.39 is 0 Å². The first kappa shape index (κ1) is 19.0. The molecular formula is C19H25N5O3. The Balaban J connectivity index is 1.66. The van der Waals surface area contributed by atoms with Gasteiger partial charge in [0, 0.05) is 31.7 Å². The first-order chi connectivity index (χ1) is 12.8. The van der Waals surface area contributed by atoms with Gasteiger partial charge in [0.15, 0.2) is 5.76 Å². The first-order valence-corrected chi connectivity index (χ1v) is 9.04. The number of nitrogens with one attached hydrogen (secondary N) is 1. The van der Waals surface area contributed by atoms with Gasteiger partial charge in [0.1, 0.15) is 6.07 Å². The number of carbonyl (C=O) groups excluding carboxylic acids is 1. The second-order valence-corrected chi connectivity index (χ2v) is 7.70. The van der Waals surface area contributed by atoms with E-state index >= 15 is 0 Å². The van der Waals surface area contributed by atoms with Crippen molar-refractivity contribution in [2.75, 3.05) is 31.1 Å². The van der Waals surface area contributed by atoms with E-state index in [0.29, 0.717) is 43.7 Å². The fourth-order valence-corrected chi connectivity index (χ4v) is 3.06. The lowest BCUT2D eigenvalue weighted by Crippen LogP contribution is -2.56. The second kappa shape index (κ2) is 7.45. The van der Waals surface area contributed by atoms with Crippen LogP contribution >= 0.6 is 0 Å². The van der Waals surface area contributed by atoms with Crippen LogP contribution < -0.4 is 10.2 Å². The number of carbonyl (C=O) groups is 1. The first-order valence-electron chi connectivity index (χ1n) is 9.04. The van der Waals surface area contributed by atoms with E-state index in [4.69, 9.17) is 8.83 Å². The third kappa shape index (κ3) is 4.31. The molecule has 1 aliphatic heterocycles. The number of nitrogens with zero attached hydrogens (tertiary/aromatic N) is 4. The zero-order valence-corrected chi connectivity index (χ0v) is 16.2. The molecule has 1 fully saturated rings. The minimum absolute atomic E-state index is 0.0217. The normalized spacial score (nSPS) is 16.8. The summed E-state index contributed by atoms with van der Waals surface area (Å²) in [6.07, 6.45) is 1.54. The summed E-state index contributed by atoms with van der Waals surface area (Å²) in [5.74, 6) is 1.26. The molecule has 144 valence electrons. The number of anilines is 1. The molecule has 27 heavy (non-hydrogen) atoms. The van der Waals surface area contributed by atoms with Crippen LogP contribution in [0.15, 0.2) is 27.2 Å². The van der Waals surface area contributed by atoms with Gasteiger partial charge in [-0.25, -0.2) is 0 Å². The van der Waals surface area contributed by atoms with Gasteiger partial charge in [-0.15, -0.1) is 0 Å². The van der Waals surface area contributed by atoms with Crippen molar-refractivity contribution in [2.24, 2.45) is 0 Å². The Hall–Kier alpha value is -2.79. The highest BCUT2D eigenvalue weighted by molar-refractivity contribution is 5.82. The number of amides is 1. The molecule has 0 bridgehead atoms. The average Bonchev–Trinajstić information content (AvgIpc) is 3.29. The Morgan fingerprint density at radius 1 is 1.33 bits per heavy atom. The van der Waals surface area contributed by atoms with Crippen LogP contribution in [0, 0.1) is 11.3 Å². The van der Waals surface area contributed by atoms with E-state index in [-0.39, 0.29) is 23.2 Å². The van der Waals surface area contributed by atoms with E-state index in [2.05, 4.69) is 21.3 Å². The number of hydrogen-bond donors (Lipinski definition) is 1. The molecule has 2 aromatic heterocycles. The number of rotatable bonds is 4. The lowest BCUT2D eigenvalue weighted by molar-refractivity contribution is -0.127. The molecule has 3 rings (SSSR count). The molecule has 1 atom stereocenters. The average molecular weight is 371 g/mol. The van der Waals surface area contributed by atoms with Crippen LogP contribution in [0.4, 0.5) is 5.88 Å². The van der Waals surface area contributed by atoms with Gasteiger partial charge in [-0.1, -0.05) is 0 Å². The molecule has 1 amide bonds. The quantitative estimate of drug-likeness (QED) is 0.880. The minimum Gasteiger partial charge on any atom is -0.459 e. The fourth-order valence-electron chi connectivity index (χ4n) is 3.06. The highest BCUT2D eigenvalue weighted by Crippen LogP contribution is 2.29. The van der Waals surface area contributed by atoms with Crippen molar-refractivity contribution in [2.45, 2.75) is 39.3 Å². The largest absolute Gasteiger partial charge is 0.459 e. The van der Waals surface area contributed by atoms with E-state index in [1.807, 2.05) is 32.6 Å². The van der Waals surface area contributed by atoms with Crippen LogP contribution in [-0.2, 0) is 4.79 Å². The second-order valence-electron chi connectivity index (χ2n) is 7.70. The van der Waals surface area contributed by atoms with Crippen LogP contribution in [0.5, 0.6) is 0 Å². The molecule has 0 aliphatic carbocycles. The van der Waals surface area contributed by atoms with Crippen molar-refractivity contribution < 1.29 is 13.6 Å². The Bertz CT molecular complexity index is 821. The van der Waals surface area contributed by atoms with Crippen LogP contribution in [0.2, 0.25) is 0 Å². The summed E-state index contributed by atoms with van der Waals surface area (Å²) in [6.45, 7) is 10.5. The molecule has 0 radical (unpaired) electrons. The van der Waals surface area contributed by atoms with Crippen LogP contribution in [-0.4, -0.2) is 53.6 Å². The summed E-state index contributed by atoms with van der Waals surface area (Å²) in [5.41, 5.74) is -0.00916. The lowest BCUT2D eigenvalue weighted by atomic mass is 10.1. The molecule has 3 heterocycles. The number of aromatic nitrogens is 1. The molecular weight excluding hydrogens is 346 g/mol. The summed E-state index contributed by atoms with van der Waals surface area (Å²) in [7, 11) is 0. The standard InChI is InChI=1S/C19H25N5O3/c1-13(16(25)22-19(2,3)4)23-7-9-24(10-8-23)18-14(12-20)21-17(27-18)15-6-5-11-26-15/h5-6,11,13H,7-10H2,1-4H3,(H,22,25). The van der Waals surface area contributed by atoms with Crippen molar-refractivity contribution in [1.82, 2.24) is 15.2 Å². The minimum atomic E-state index is -0.253. The predicted octanol–water partition coefficient (Wildman–Crippen LogP) is 2.23. The van der Waals surface area contributed by atoms with Crippen molar-refractivity contribution >= 4 is 11.8 Å². The monoisotopic (exact) mass is 371 g/mol. The summed E-state index contributed by atoms with van der Waals surface area (Å²) >= 11 is 0. The van der Waals surface area contributed by atoms with Gasteiger partial charge in [0.05, 0.1) is 12.3 Å². The summed E-state index contributed by atoms with van der Waals surface area (Å²) in [4.78, 5) is 20.7. The van der Waals surface area contributed by atoms with Crippen LogP contribution in [0.1, 0.15) is 33.4 Å². The molecule has 8 heteroatoms. The number of oxazole rings is 1. The zero-order valence-electron chi connectivity index (χ0n) is 16.2. The van der Waals surface area contributed by atoms with E-state index in [9.17, 15) is 10.1 Å². The van der Waals surface area contributed by atoms with Crippen molar-refractivity contribution in [3.63, 3.8) is 0 Å². The Kier molecular flexibility index (Phi) is 5.24. The predicted molar refractivity (Wildman–Crippen MR) is 100 cm³/mol. The van der Waals surface area contributed by atoms with Gasteiger partial charge < -0.3 is 19.1 Å². The SMILES string of the molecule is CC(C(=O)NC(C)(C)C)N1CCN(c2oc(-c3ccco3)nc2C#N)CC1. The Labute approximate surface area is 158 Å². The molecule has 1 N–H and O–H groups in total. The molecule has 1 unspecified atom stereocenters. The van der Waals surface area contributed by atoms with Crippen molar-refractivity contribution in [3.8, 4) is 17.7 Å². The maximum absolute atomic E-state index is 12.4. The third-order valence-corrected chi connectivity index (χ3v) is 4.47. The van der Waals surface area contributed by atoms with Gasteiger partial charge >= 0.3 is 0 Å². The Morgan fingerprint density at radius 3 is 2.59 bits per heavy atom. The number of piperazine rings is 1. The van der Waals surface area contributed by atoms with Gasteiger partial charge in [-0.3, -0.25) is 9.69 Å². The van der Waals surface area contributed by atoms with Crippen molar-refractivity contribution in [1.29, 1.82) is 5.26 Å². The molecule has 0 spiro atoms. The number of nitriles is 1. The van der Waals surface area contributed by atoms with Gasteiger partial charge in [-0.05, 0) is 39.8 Å². The zero-order chi connectivity index (χ0) is 19.6. The molecule has 0 aromatic carbocycles. The number of furan rings is 1. The van der Waals surface area contributed by atoms with Gasteiger partial charge in [0.2, 0.25) is 17.5 Å². The van der Waals surface area contributed by atoms with Crippen molar-refractivity contribution in [3.05, 3.63) is 24.1 Å². The number of hydrogen-bond acceptors (Lipinski definition) is 7. The highest BCUT2D eigenvalue weighted by atomic mass is 16.4. The third-order valence-electron chi connectivity index (χ3n) is 4.47. The molecule has 1 aliphatic rings. The molecule has 1 saturated heterocycles. The Morgan fingerprint density at radius 2 is 2.04 bits per heavy atom. The lowest BCUT2D eigenvalue weighted by Gasteiger charge is -2.38. The maximum Gasteiger partial charge on any atom is 0.266 e. The van der Waals surface area contributed by atoms with E-state index in [1.165, 1.54) is 6.26 Å². The summed E-state index contributed by atoms with van der Waals surface area (Å²) < 4.78 is 11.1. The van der Waals surface area contributed by atoms with E-state index in [0.717, 1.165) is 0 Å². The van der Waals surface area contributed by atoms with Gasteiger partial charge in [-0.2, -0.15) is 10.2 Å². The van der Waals surface area contributed by atoms with Crippen LogP contribution in [0.25, 0.3) is 11.7 Å². The molecule has 2 aromatic rings. The summed E-state index contributed by atoms with van der Waals surface area (Å²) in [5, 5.41) is 12.4.